The Bertz CT molecular complexity index is 1320. The molecule has 3 unspecified atom stereocenters. The smallest absolute Gasteiger partial charge is 0.268 e. The van der Waals surface area contributed by atoms with Gasteiger partial charge in [0.2, 0.25) is 5.91 Å². The fourth-order valence-electron chi connectivity index (χ4n) is 5.64. The van der Waals surface area contributed by atoms with Crippen molar-refractivity contribution in [2.24, 2.45) is 0 Å². The number of phosphoric acid groups is 1. The molecule has 9 heteroatoms. The maximum absolute atomic E-state index is 12.8. The quantitative estimate of drug-likeness (QED) is 0.0276. The highest BCUT2D eigenvalue weighted by atomic mass is 31.2. The van der Waals surface area contributed by atoms with Crippen molar-refractivity contribution in [2.75, 3.05) is 40.9 Å². The summed E-state index contributed by atoms with van der Waals surface area (Å²) in [6.07, 6.45) is 58.9. The van der Waals surface area contributed by atoms with E-state index in [0.717, 1.165) is 122 Å². The van der Waals surface area contributed by atoms with Crippen LogP contribution in [0.4, 0.5) is 0 Å². The van der Waals surface area contributed by atoms with Crippen molar-refractivity contribution in [2.45, 2.75) is 161 Å². The van der Waals surface area contributed by atoms with Crippen molar-refractivity contribution in [3.63, 3.8) is 0 Å². The number of carbonyl (C=O) groups is 1. The first kappa shape index (κ1) is 56.2. The minimum absolute atomic E-state index is 0.0113. The maximum Gasteiger partial charge on any atom is 0.268 e. The molecule has 0 saturated heterocycles. The second-order valence-electron chi connectivity index (χ2n) is 16.0. The molecule has 0 aromatic carbocycles. The van der Waals surface area contributed by atoms with E-state index in [-0.39, 0.29) is 12.5 Å². The van der Waals surface area contributed by atoms with Crippen LogP contribution in [0.1, 0.15) is 149 Å². The first-order chi connectivity index (χ1) is 28.5. The van der Waals surface area contributed by atoms with Gasteiger partial charge in [-0.15, -0.1) is 0 Å². The summed E-state index contributed by atoms with van der Waals surface area (Å²) in [5.41, 5.74) is 0. The topological polar surface area (TPSA) is 108 Å². The summed E-state index contributed by atoms with van der Waals surface area (Å²) in [7, 11) is 1.22. The van der Waals surface area contributed by atoms with Gasteiger partial charge in [0.25, 0.3) is 7.82 Å². The summed E-state index contributed by atoms with van der Waals surface area (Å²) in [5, 5.41) is 13.6. The normalized spacial score (nSPS) is 15.3. The summed E-state index contributed by atoms with van der Waals surface area (Å²) < 4.78 is 23.0. The molecular weight excluding hydrogens is 756 g/mol. The number of quaternary nitrogens is 1. The lowest BCUT2D eigenvalue weighted by Gasteiger charge is -2.29. The van der Waals surface area contributed by atoms with Crippen LogP contribution in [0.15, 0.2) is 109 Å². The third-order valence-corrected chi connectivity index (χ3v) is 10.2. The van der Waals surface area contributed by atoms with Crippen LogP contribution in [0.5, 0.6) is 0 Å². The van der Waals surface area contributed by atoms with E-state index >= 15 is 0 Å². The first-order valence-electron chi connectivity index (χ1n) is 22.7. The molecule has 0 saturated carbocycles. The monoisotopic (exact) mass is 841 g/mol. The number of rotatable bonds is 39. The van der Waals surface area contributed by atoms with Gasteiger partial charge in [-0.25, -0.2) is 0 Å². The Morgan fingerprint density at radius 3 is 1.51 bits per heavy atom. The zero-order valence-electron chi connectivity index (χ0n) is 37.9. The molecule has 2 N–H and O–H groups in total. The maximum atomic E-state index is 12.8. The van der Waals surface area contributed by atoms with E-state index < -0.39 is 26.6 Å². The summed E-state index contributed by atoms with van der Waals surface area (Å²) >= 11 is 0. The van der Waals surface area contributed by atoms with Crippen molar-refractivity contribution < 1.29 is 32.9 Å². The van der Waals surface area contributed by atoms with Crippen LogP contribution < -0.4 is 10.2 Å². The Kier molecular flexibility index (Phi) is 38.6. The number of nitrogens with zero attached hydrogens (tertiary/aromatic N) is 1. The molecule has 0 aliphatic rings. The number of nitrogens with one attached hydrogen (secondary N) is 1. The van der Waals surface area contributed by atoms with Crippen molar-refractivity contribution in [3.05, 3.63) is 109 Å². The summed E-state index contributed by atoms with van der Waals surface area (Å²) in [4.78, 5) is 25.1. The lowest BCUT2D eigenvalue weighted by atomic mass is 10.1. The molecule has 0 aliphatic heterocycles. The summed E-state index contributed by atoms with van der Waals surface area (Å²) in [6, 6.07) is -0.898. The molecule has 0 radical (unpaired) electrons. The highest BCUT2D eigenvalue weighted by molar-refractivity contribution is 7.45. The van der Waals surface area contributed by atoms with Gasteiger partial charge in [0.15, 0.2) is 0 Å². The largest absolute Gasteiger partial charge is 0.756 e. The molecule has 0 heterocycles. The van der Waals surface area contributed by atoms with Gasteiger partial charge in [0.05, 0.1) is 39.9 Å². The molecule has 336 valence electrons. The minimum Gasteiger partial charge on any atom is -0.756 e. The number of amides is 1. The number of aliphatic hydroxyl groups is 1. The SMILES string of the molecule is CC/C=C\C/C=C\C/C=C\C/C=C\C/C=C\C/C=C\C/C=C\C/C=C\CCCCCCCCC(=O)NC(COP(=O)([O-])OCC[N+](C)(C)C)C(O)/C=C/CCCCCC. The number of carbonyl (C=O) groups excluding carboxylic acids is 1. The number of allylic oxidation sites excluding steroid dienone is 17. The second-order valence-corrected chi connectivity index (χ2v) is 17.4. The Morgan fingerprint density at radius 1 is 0.610 bits per heavy atom. The second kappa shape index (κ2) is 40.6. The van der Waals surface area contributed by atoms with Gasteiger partial charge in [-0.05, 0) is 83.5 Å². The molecule has 8 nitrogen and oxygen atoms in total. The zero-order valence-corrected chi connectivity index (χ0v) is 38.8. The highest BCUT2D eigenvalue weighted by Gasteiger charge is 2.23. The molecule has 0 aromatic heterocycles. The number of aliphatic hydroxyl groups excluding tert-OH is 1. The van der Waals surface area contributed by atoms with Gasteiger partial charge >= 0.3 is 0 Å². The fraction of sp³-hybridized carbons (Fsp3) is 0.620. The number of hydrogen-bond donors (Lipinski definition) is 2. The van der Waals surface area contributed by atoms with E-state index in [1.165, 1.54) is 6.42 Å². The molecule has 1 amide bonds. The van der Waals surface area contributed by atoms with Crippen molar-refractivity contribution in [1.29, 1.82) is 0 Å². The molecule has 0 fully saturated rings. The number of phosphoric ester groups is 1. The third-order valence-electron chi connectivity index (χ3n) is 9.24. The molecule has 59 heavy (non-hydrogen) atoms. The lowest BCUT2D eigenvalue weighted by molar-refractivity contribution is -0.870. The van der Waals surface area contributed by atoms with E-state index in [1.807, 2.05) is 27.2 Å². The predicted octanol–water partition coefficient (Wildman–Crippen LogP) is 12.3. The fourth-order valence-corrected chi connectivity index (χ4v) is 6.36. The molecular formula is C50H85N2O6P. The third kappa shape index (κ3) is 43.1. The summed E-state index contributed by atoms with van der Waals surface area (Å²) in [6.45, 7) is 4.39. The van der Waals surface area contributed by atoms with Crippen LogP contribution in [-0.2, 0) is 18.4 Å². The van der Waals surface area contributed by atoms with Gasteiger partial charge in [-0.3, -0.25) is 9.36 Å². The van der Waals surface area contributed by atoms with E-state index in [2.05, 4.69) is 116 Å². The molecule has 0 bridgehead atoms. The average molecular weight is 841 g/mol. The van der Waals surface area contributed by atoms with Gasteiger partial charge in [-0.2, -0.15) is 0 Å². The standard InChI is InChI=1S/C50H85N2O6P/c1-6-8-10-12-14-15-16-17-18-19-20-21-22-23-24-25-26-27-28-29-30-31-32-33-34-35-36-37-38-40-42-44-50(54)51-48(49(53)43-41-39-13-11-9-7-2)47-58-59(55,56)57-46-45-52(3,4)5/h8,10,14-15,17-18,20-21,23-24,26-27,29-30,32-33,41,43,48-49,53H,6-7,9,11-13,16,19,22,25,28,31,34-40,42,44-47H2,1-5H3,(H-,51,54,55,56)/b10-8-,15-14-,18-17-,21-20-,24-23-,27-26-,30-29-,33-32-,43-41+. The first-order valence-corrected chi connectivity index (χ1v) is 24.2. The van der Waals surface area contributed by atoms with Gasteiger partial charge in [-0.1, -0.05) is 168 Å². The Labute approximate surface area is 361 Å². The Morgan fingerprint density at radius 2 is 1.03 bits per heavy atom. The van der Waals surface area contributed by atoms with Gasteiger partial charge in [0, 0.05) is 6.42 Å². The number of unbranched alkanes of at least 4 members (excludes halogenated alkanes) is 10. The highest BCUT2D eigenvalue weighted by Crippen LogP contribution is 2.38. The molecule has 0 spiro atoms. The molecule has 0 aromatic rings. The van der Waals surface area contributed by atoms with Crippen LogP contribution >= 0.6 is 7.82 Å². The van der Waals surface area contributed by atoms with Crippen molar-refractivity contribution >= 4 is 13.7 Å². The number of hydrogen-bond acceptors (Lipinski definition) is 6. The van der Waals surface area contributed by atoms with Crippen LogP contribution in [0.25, 0.3) is 0 Å². The van der Waals surface area contributed by atoms with E-state index in [9.17, 15) is 19.4 Å². The number of likely N-dealkylation sites (N-methyl/N-ethyl adjacent to an activating group) is 1. The predicted molar refractivity (Wildman–Crippen MR) is 251 cm³/mol. The van der Waals surface area contributed by atoms with Gasteiger partial charge in [0.1, 0.15) is 13.2 Å². The van der Waals surface area contributed by atoms with Crippen LogP contribution in [0.3, 0.4) is 0 Å². The van der Waals surface area contributed by atoms with E-state index in [4.69, 9.17) is 9.05 Å². The van der Waals surface area contributed by atoms with E-state index in [1.54, 1.807) is 6.08 Å². The minimum atomic E-state index is -4.59. The Hall–Kier alpha value is -2.84. The summed E-state index contributed by atoms with van der Waals surface area (Å²) in [5.74, 6) is -0.225. The van der Waals surface area contributed by atoms with Gasteiger partial charge < -0.3 is 28.8 Å². The molecule has 0 aliphatic carbocycles. The molecule has 3 atom stereocenters. The zero-order chi connectivity index (χ0) is 43.6. The van der Waals surface area contributed by atoms with Crippen LogP contribution in [0, 0.1) is 0 Å². The van der Waals surface area contributed by atoms with E-state index in [0.29, 0.717) is 17.4 Å². The van der Waals surface area contributed by atoms with Crippen LogP contribution in [0.2, 0.25) is 0 Å². The molecule has 0 rings (SSSR count). The Balaban J connectivity index is 4.14. The lowest BCUT2D eigenvalue weighted by Crippen LogP contribution is -2.45. The van der Waals surface area contributed by atoms with Crippen molar-refractivity contribution in [3.8, 4) is 0 Å². The van der Waals surface area contributed by atoms with Crippen LogP contribution in [-0.4, -0.2) is 68.5 Å². The van der Waals surface area contributed by atoms with Crippen molar-refractivity contribution in [1.82, 2.24) is 5.32 Å². The average Bonchev–Trinajstić information content (AvgIpc) is 3.19.